The van der Waals surface area contributed by atoms with Gasteiger partial charge in [0.15, 0.2) is 0 Å². The monoisotopic (exact) mass is 335 g/mol. The summed E-state index contributed by atoms with van der Waals surface area (Å²) in [4.78, 5) is 10.4. The molecule has 2 atom stereocenters. The van der Waals surface area contributed by atoms with Gasteiger partial charge in [0.05, 0.1) is 12.8 Å². The number of rotatable bonds is 10. The number of carboxylic acids is 1. The van der Waals surface area contributed by atoms with Crippen LogP contribution in [0.25, 0.3) is 0 Å². The number of unbranched alkanes of at least 4 members (excludes halogenated alkanes) is 3. The van der Waals surface area contributed by atoms with Gasteiger partial charge in [0.1, 0.15) is 6.04 Å². The molecule has 0 heterocycles. The largest absolute Gasteiger partial charge is 0.559 e. The molecule has 0 amide bonds. The van der Waals surface area contributed by atoms with Gasteiger partial charge >= 0.3 is 12.4 Å². The summed E-state index contributed by atoms with van der Waals surface area (Å²) in [6.07, 6.45) is 1.64. The molecule has 0 fully saturated rings. The smallest absolute Gasteiger partial charge is 0.480 e. The molecule has 0 saturated carbocycles. The fourth-order valence-corrected chi connectivity index (χ4v) is 1.38. The van der Waals surface area contributed by atoms with E-state index in [9.17, 15) is 31.9 Å². The van der Waals surface area contributed by atoms with Crippen LogP contribution in [0, 0.1) is 0 Å². The summed E-state index contributed by atoms with van der Waals surface area (Å²) in [6.45, 7) is -0.261. The highest BCUT2D eigenvalue weighted by Gasteiger charge is 2.24. The van der Waals surface area contributed by atoms with Crippen molar-refractivity contribution in [2.24, 2.45) is 5.73 Å². The van der Waals surface area contributed by atoms with Crippen molar-refractivity contribution in [3.63, 3.8) is 0 Å². The molecule has 0 aromatic rings. The van der Waals surface area contributed by atoms with Crippen molar-refractivity contribution in [3.05, 3.63) is 12.2 Å². The van der Waals surface area contributed by atoms with Gasteiger partial charge in [-0.05, 0) is 32.1 Å². The van der Waals surface area contributed by atoms with Crippen LogP contribution in [0.1, 0.15) is 38.5 Å². The van der Waals surface area contributed by atoms with Gasteiger partial charge < -0.3 is 15.9 Å². The van der Waals surface area contributed by atoms with E-state index < -0.39 is 24.5 Å². The van der Waals surface area contributed by atoms with Crippen LogP contribution in [0.15, 0.2) is 12.2 Å². The Morgan fingerprint density at radius 2 is 1.59 bits per heavy atom. The van der Waals surface area contributed by atoms with E-state index in [2.05, 4.69) is 0 Å². The third-order valence-corrected chi connectivity index (χ3v) is 2.50. The zero-order valence-electron chi connectivity index (χ0n) is 12.0. The summed E-state index contributed by atoms with van der Waals surface area (Å²) in [5.41, 5.74) is 5.25. The molecule has 0 aliphatic rings. The SMILES string of the molecule is FC(F)(F)F.NC(C(=O)O)C(O)CC/C=C/CCCCCF. The third-order valence-electron chi connectivity index (χ3n) is 2.50. The van der Waals surface area contributed by atoms with Crippen LogP contribution >= 0.6 is 0 Å². The van der Waals surface area contributed by atoms with E-state index in [4.69, 9.17) is 10.8 Å². The Labute approximate surface area is 125 Å². The van der Waals surface area contributed by atoms with Gasteiger partial charge in [0.25, 0.3) is 0 Å². The quantitative estimate of drug-likeness (QED) is 0.325. The average Bonchev–Trinajstić information content (AvgIpc) is 2.38. The molecule has 4 N–H and O–H groups in total. The maximum atomic E-state index is 11.7. The fourth-order valence-electron chi connectivity index (χ4n) is 1.38. The Morgan fingerprint density at radius 1 is 1.09 bits per heavy atom. The van der Waals surface area contributed by atoms with Gasteiger partial charge in [-0.2, -0.15) is 0 Å². The van der Waals surface area contributed by atoms with Crippen LogP contribution in [-0.2, 0) is 4.79 Å². The lowest BCUT2D eigenvalue weighted by atomic mass is 10.1. The second-order valence-corrected chi connectivity index (χ2v) is 4.45. The van der Waals surface area contributed by atoms with Crippen LogP contribution in [-0.4, -0.2) is 41.4 Å². The maximum absolute atomic E-state index is 11.7. The summed E-state index contributed by atoms with van der Waals surface area (Å²) < 4.78 is 50.5. The highest BCUT2D eigenvalue weighted by molar-refractivity contribution is 5.73. The van der Waals surface area contributed by atoms with Crippen LogP contribution < -0.4 is 5.73 Å². The van der Waals surface area contributed by atoms with Crippen molar-refractivity contribution < 1.29 is 37.0 Å². The lowest BCUT2D eigenvalue weighted by Crippen LogP contribution is -2.41. The Hall–Kier alpha value is -1.22. The first-order valence-electron chi connectivity index (χ1n) is 6.72. The van der Waals surface area contributed by atoms with E-state index >= 15 is 0 Å². The molecule has 22 heavy (non-hydrogen) atoms. The first-order valence-corrected chi connectivity index (χ1v) is 6.72. The Kier molecular flexibility index (Phi) is 14.1. The number of nitrogens with two attached hydrogens (primary N) is 1. The zero-order valence-corrected chi connectivity index (χ0v) is 12.0. The van der Waals surface area contributed by atoms with Crippen molar-refractivity contribution in [1.82, 2.24) is 0 Å². The molecule has 0 aromatic heterocycles. The third kappa shape index (κ3) is 21.1. The molecule has 132 valence electrons. The van der Waals surface area contributed by atoms with E-state index in [-0.39, 0.29) is 6.67 Å². The molecule has 0 rings (SSSR count). The molecule has 0 aliphatic heterocycles. The van der Waals surface area contributed by atoms with Crippen molar-refractivity contribution in [3.8, 4) is 0 Å². The number of hydrogen-bond acceptors (Lipinski definition) is 3. The zero-order chi connectivity index (χ0) is 17.6. The number of carbonyl (C=O) groups is 1. The van der Waals surface area contributed by atoms with Crippen molar-refractivity contribution in [2.75, 3.05) is 6.67 Å². The number of allylic oxidation sites excluding steroid dienone is 2. The molecule has 0 bridgehead atoms. The van der Waals surface area contributed by atoms with E-state index in [1.807, 2.05) is 12.2 Å². The van der Waals surface area contributed by atoms with E-state index in [1.165, 1.54) is 0 Å². The predicted molar refractivity (Wildman–Crippen MR) is 71.6 cm³/mol. The number of halogens is 5. The van der Waals surface area contributed by atoms with Gasteiger partial charge in [0.2, 0.25) is 0 Å². The van der Waals surface area contributed by atoms with Gasteiger partial charge in [-0.15, -0.1) is 17.6 Å². The summed E-state index contributed by atoms with van der Waals surface area (Å²) >= 11 is 0. The summed E-state index contributed by atoms with van der Waals surface area (Å²) in [5, 5.41) is 17.9. The lowest BCUT2D eigenvalue weighted by Gasteiger charge is -2.13. The number of hydrogen-bond donors (Lipinski definition) is 3. The van der Waals surface area contributed by atoms with Crippen LogP contribution in [0.4, 0.5) is 22.0 Å². The van der Waals surface area contributed by atoms with Gasteiger partial charge in [0, 0.05) is 0 Å². The first kappa shape index (κ1) is 23.1. The maximum Gasteiger partial charge on any atom is 0.559 e. The molecule has 0 spiro atoms. The normalized spacial score (nSPS) is 14.3. The topological polar surface area (TPSA) is 83.6 Å². The number of alkyl halides is 5. The van der Waals surface area contributed by atoms with Crippen LogP contribution in [0.3, 0.4) is 0 Å². The Morgan fingerprint density at radius 3 is 2.05 bits per heavy atom. The van der Waals surface area contributed by atoms with Crippen LogP contribution in [0.5, 0.6) is 0 Å². The predicted octanol–water partition coefficient (Wildman–Crippen LogP) is 3.10. The molecule has 0 aliphatic carbocycles. The van der Waals surface area contributed by atoms with Crippen LogP contribution in [0.2, 0.25) is 0 Å². The Balaban J connectivity index is 0. The molecule has 0 saturated heterocycles. The number of carboxylic acid groups (broad SMARTS) is 1. The number of aliphatic hydroxyl groups is 1. The molecule has 2 unspecified atom stereocenters. The molecule has 9 heteroatoms. The van der Waals surface area contributed by atoms with E-state index in [0.29, 0.717) is 19.3 Å². The molecule has 0 aromatic carbocycles. The van der Waals surface area contributed by atoms with Crippen molar-refractivity contribution in [2.45, 2.75) is 57.1 Å². The molecular formula is C13H22F5NO3. The van der Waals surface area contributed by atoms with E-state index in [1.54, 1.807) is 0 Å². The lowest BCUT2D eigenvalue weighted by molar-refractivity contribution is -0.237. The van der Waals surface area contributed by atoms with Gasteiger partial charge in [-0.3, -0.25) is 9.18 Å². The fraction of sp³-hybridized carbons (Fsp3) is 0.769. The second-order valence-electron chi connectivity index (χ2n) is 4.45. The standard InChI is InChI=1S/C12H22FNO3.CF4/c13-9-7-5-3-1-2-4-6-8-10(15)11(14)12(16)17;2-1(3,4)5/h2,4,10-11,15H,1,3,5-9,14H2,(H,16,17);/b4-2+;. The number of aliphatic hydroxyl groups excluding tert-OH is 1. The minimum absolute atomic E-state index is 0.261. The minimum Gasteiger partial charge on any atom is -0.480 e. The second kappa shape index (κ2) is 13.4. The van der Waals surface area contributed by atoms with E-state index in [0.717, 1.165) is 19.3 Å². The molecule has 4 nitrogen and oxygen atoms in total. The average molecular weight is 335 g/mol. The summed E-state index contributed by atoms with van der Waals surface area (Å²) in [7, 11) is 0. The number of aliphatic carboxylic acids is 1. The van der Waals surface area contributed by atoms with Gasteiger partial charge in [-0.25, -0.2) is 0 Å². The Bertz CT molecular complexity index is 305. The summed E-state index contributed by atoms with van der Waals surface area (Å²) in [5.74, 6) is -1.19. The van der Waals surface area contributed by atoms with Crippen molar-refractivity contribution >= 4 is 5.97 Å². The highest BCUT2D eigenvalue weighted by Crippen LogP contribution is 2.13. The highest BCUT2D eigenvalue weighted by atomic mass is 19.5. The minimum atomic E-state index is -5.50. The van der Waals surface area contributed by atoms with Gasteiger partial charge in [-0.1, -0.05) is 18.6 Å². The summed E-state index contributed by atoms with van der Waals surface area (Å²) in [6, 6.07) is -1.21. The molecule has 0 radical (unpaired) electrons. The molecular weight excluding hydrogens is 313 g/mol. The first-order chi connectivity index (χ1) is 10.1. The van der Waals surface area contributed by atoms with Crippen molar-refractivity contribution in [1.29, 1.82) is 0 Å².